The average Bonchev–Trinajstić information content (AvgIpc) is 2.71. The number of aromatic nitrogens is 4. The number of hydrogen-bond donors (Lipinski definition) is 1. The summed E-state index contributed by atoms with van der Waals surface area (Å²) >= 11 is 5.17. The molecule has 74 valence electrons. The van der Waals surface area contributed by atoms with Gasteiger partial charge >= 0.3 is 0 Å². The summed E-state index contributed by atoms with van der Waals surface area (Å²) in [7, 11) is 0. The molecule has 0 bridgehead atoms. The van der Waals surface area contributed by atoms with Crippen LogP contribution in [0, 0.1) is 11.7 Å². The van der Waals surface area contributed by atoms with Crippen molar-refractivity contribution in [1.29, 1.82) is 0 Å². The molecule has 0 spiro atoms. The monoisotopic (exact) mass is 208 g/mol. The lowest BCUT2D eigenvalue weighted by Crippen LogP contribution is -1.93. The molecule has 0 radical (unpaired) electrons. The predicted molar refractivity (Wildman–Crippen MR) is 57.1 cm³/mol. The Labute approximate surface area is 87.2 Å². The van der Waals surface area contributed by atoms with Crippen molar-refractivity contribution in [2.24, 2.45) is 0 Å². The van der Waals surface area contributed by atoms with Gasteiger partial charge in [-0.3, -0.25) is 9.25 Å². The van der Waals surface area contributed by atoms with Gasteiger partial charge in [-0.1, -0.05) is 0 Å². The Balaban J connectivity index is 2.49. The van der Waals surface area contributed by atoms with Crippen LogP contribution in [0.3, 0.4) is 0 Å². The van der Waals surface area contributed by atoms with Gasteiger partial charge < -0.3 is 4.98 Å². The van der Waals surface area contributed by atoms with Crippen molar-refractivity contribution in [1.82, 2.24) is 19.3 Å². The fraction of sp³-hybridized carbons (Fsp3) is 0.333. The second-order valence-corrected chi connectivity index (χ2v) is 3.55. The minimum atomic E-state index is 0.707. The van der Waals surface area contributed by atoms with Gasteiger partial charge in [-0.25, -0.2) is 0 Å². The van der Waals surface area contributed by atoms with Gasteiger partial charge in [0.25, 0.3) is 0 Å². The highest BCUT2D eigenvalue weighted by Gasteiger charge is 2.02. The molecule has 0 aliphatic carbocycles. The first-order valence-corrected chi connectivity index (χ1v) is 4.92. The van der Waals surface area contributed by atoms with E-state index in [1.165, 1.54) is 0 Å². The van der Waals surface area contributed by atoms with Gasteiger partial charge in [-0.05, 0) is 26.1 Å². The van der Waals surface area contributed by atoms with Crippen LogP contribution in [0.15, 0.2) is 18.6 Å². The van der Waals surface area contributed by atoms with Gasteiger partial charge in [0.2, 0.25) is 0 Å². The summed E-state index contributed by atoms with van der Waals surface area (Å²) in [5, 5.41) is 4.20. The van der Waals surface area contributed by atoms with E-state index in [1.807, 2.05) is 34.8 Å². The minimum absolute atomic E-state index is 0.707. The zero-order valence-corrected chi connectivity index (χ0v) is 9.01. The number of rotatable bonds is 2. The van der Waals surface area contributed by atoms with Crippen molar-refractivity contribution < 1.29 is 0 Å². The van der Waals surface area contributed by atoms with Crippen LogP contribution in [0.5, 0.6) is 0 Å². The molecule has 0 amide bonds. The largest absolute Gasteiger partial charge is 0.335 e. The molecule has 0 unspecified atom stereocenters. The summed E-state index contributed by atoms with van der Waals surface area (Å²) in [6.45, 7) is 4.91. The van der Waals surface area contributed by atoms with E-state index >= 15 is 0 Å². The molecule has 14 heavy (non-hydrogen) atoms. The van der Waals surface area contributed by atoms with Crippen LogP contribution in [-0.2, 0) is 6.54 Å². The first-order chi connectivity index (χ1) is 6.70. The highest BCUT2D eigenvalue weighted by Crippen LogP contribution is 2.08. The van der Waals surface area contributed by atoms with Gasteiger partial charge in [0.05, 0.1) is 11.9 Å². The minimum Gasteiger partial charge on any atom is -0.335 e. The molecule has 2 heterocycles. The van der Waals surface area contributed by atoms with Crippen LogP contribution in [0.25, 0.3) is 5.69 Å². The maximum atomic E-state index is 5.17. The van der Waals surface area contributed by atoms with Gasteiger partial charge in [0.1, 0.15) is 0 Å². The fourth-order valence-corrected chi connectivity index (χ4v) is 1.67. The quantitative estimate of drug-likeness (QED) is 0.767. The van der Waals surface area contributed by atoms with Crippen molar-refractivity contribution in [3.63, 3.8) is 0 Å². The van der Waals surface area contributed by atoms with Gasteiger partial charge in [-0.2, -0.15) is 5.10 Å². The zero-order chi connectivity index (χ0) is 10.1. The summed E-state index contributed by atoms with van der Waals surface area (Å²) in [5.41, 5.74) is 2.06. The van der Waals surface area contributed by atoms with Crippen molar-refractivity contribution in [2.75, 3.05) is 0 Å². The Morgan fingerprint density at radius 1 is 1.50 bits per heavy atom. The van der Waals surface area contributed by atoms with E-state index in [0.717, 1.165) is 17.9 Å². The van der Waals surface area contributed by atoms with Crippen molar-refractivity contribution in [2.45, 2.75) is 20.4 Å². The molecule has 0 saturated heterocycles. The number of aryl methyl sites for hydroxylation is 2. The van der Waals surface area contributed by atoms with Crippen LogP contribution in [0.4, 0.5) is 0 Å². The molecule has 1 N–H and O–H groups in total. The lowest BCUT2D eigenvalue weighted by Gasteiger charge is -1.95. The Kier molecular flexibility index (Phi) is 2.25. The van der Waals surface area contributed by atoms with E-state index in [4.69, 9.17) is 12.2 Å². The maximum absolute atomic E-state index is 5.17. The Hall–Kier alpha value is -1.36. The Morgan fingerprint density at radius 2 is 2.29 bits per heavy atom. The van der Waals surface area contributed by atoms with Crippen molar-refractivity contribution in [3.05, 3.63) is 29.1 Å². The first-order valence-electron chi connectivity index (χ1n) is 4.52. The number of H-pyrrole nitrogens is 1. The van der Waals surface area contributed by atoms with E-state index in [9.17, 15) is 0 Å². The van der Waals surface area contributed by atoms with Crippen LogP contribution in [0.2, 0.25) is 0 Å². The van der Waals surface area contributed by atoms with E-state index < -0.39 is 0 Å². The highest BCUT2D eigenvalue weighted by atomic mass is 32.1. The number of nitrogens with zero attached hydrogens (tertiary/aromatic N) is 3. The Morgan fingerprint density at radius 3 is 2.79 bits per heavy atom. The highest BCUT2D eigenvalue weighted by molar-refractivity contribution is 7.71. The van der Waals surface area contributed by atoms with Gasteiger partial charge in [-0.15, -0.1) is 0 Å². The van der Waals surface area contributed by atoms with E-state index in [0.29, 0.717) is 4.77 Å². The molecule has 0 saturated carbocycles. The van der Waals surface area contributed by atoms with Crippen LogP contribution >= 0.6 is 12.2 Å². The van der Waals surface area contributed by atoms with E-state index in [-0.39, 0.29) is 0 Å². The molecule has 2 aromatic heterocycles. The molecule has 4 nitrogen and oxygen atoms in total. The summed E-state index contributed by atoms with van der Waals surface area (Å²) in [6, 6.07) is 0. The van der Waals surface area contributed by atoms with E-state index in [1.54, 1.807) is 0 Å². The lowest BCUT2D eigenvalue weighted by molar-refractivity contribution is 0.659. The van der Waals surface area contributed by atoms with E-state index in [2.05, 4.69) is 17.0 Å². The third-order valence-electron chi connectivity index (χ3n) is 2.07. The molecule has 0 aromatic carbocycles. The van der Waals surface area contributed by atoms with Crippen LogP contribution in [-0.4, -0.2) is 19.3 Å². The molecule has 0 atom stereocenters. The Bertz CT molecular complexity index is 491. The SMILES string of the molecule is CCn1cc(-n2cc(C)[nH]c2=S)cn1. The normalized spacial score (nSPS) is 10.7. The van der Waals surface area contributed by atoms with Crippen LogP contribution in [0.1, 0.15) is 12.6 Å². The summed E-state index contributed by atoms with van der Waals surface area (Å²) in [6.07, 6.45) is 5.76. The third kappa shape index (κ3) is 1.50. The number of hydrogen-bond acceptors (Lipinski definition) is 2. The molecule has 0 fully saturated rings. The summed E-state index contributed by atoms with van der Waals surface area (Å²) in [4.78, 5) is 3.07. The number of imidazole rings is 1. The molecular formula is C9H12N4S. The average molecular weight is 208 g/mol. The summed E-state index contributed by atoms with van der Waals surface area (Å²) in [5.74, 6) is 0. The molecule has 2 aromatic rings. The molecule has 2 rings (SSSR count). The molecule has 0 aliphatic heterocycles. The number of aromatic amines is 1. The topological polar surface area (TPSA) is 38.5 Å². The third-order valence-corrected chi connectivity index (χ3v) is 2.37. The first kappa shape index (κ1) is 9.21. The molecule has 5 heteroatoms. The maximum Gasteiger partial charge on any atom is 0.182 e. The smallest absolute Gasteiger partial charge is 0.182 e. The second kappa shape index (κ2) is 3.42. The van der Waals surface area contributed by atoms with Crippen molar-refractivity contribution >= 4 is 12.2 Å². The zero-order valence-electron chi connectivity index (χ0n) is 8.19. The van der Waals surface area contributed by atoms with Crippen LogP contribution < -0.4 is 0 Å². The summed E-state index contributed by atoms with van der Waals surface area (Å²) < 4.78 is 4.50. The predicted octanol–water partition coefficient (Wildman–Crippen LogP) is 2.06. The lowest BCUT2D eigenvalue weighted by atomic mass is 10.5. The molecular weight excluding hydrogens is 196 g/mol. The van der Waals surface area contributed by atoms with Gasteiger partial charge in [0, 0.05) is 24.6 Å². The fourth-order valence-electron chi connectivity index (χ4n) is 1.36. The van der Waals surface area contributed by atoms with Gasteiger partial charge in [0.15, 0.2) is 4.77 Å². The van der Waals surface area contributed by atoms with Crippen molar-refractivity contribution in [3.8, 4) is 5.69 Å². The second-order valence-electron chi connectivity index (χ2n) is 3.17. The number of nitrogens with one attached hydrogen (secondary N) is 1. The standard InChI is InChI=1S/C9H12N4S/c1-3-12-6-8(4-10-12)13-5-7(2)11-9(13)14/h4-6H,3H2,1-2H3,(H,11,14). The molecule has 0 aliphatic rings.